The number of hydrogen-bond donors (Lipinski definition) is 2. The van der Waals surface area contributed by atoms with Crippen LogP contribution in [0.15, 0.2) is 53.8 Å². The summed E-state index contributed by atoms with van der Waals surface area (Å²) in [5.41, 5.74) is 3.14. The zero-order chi connectivity index (χ0) is 25.4. The largest absolute Gasteiger partial charge is 0.416 e. The molecule has 2 aromatic rings. The standard InChI is InChI=1S/C25H22F3N7O/c1-14-4-5-17(33-23(36)20-11-16(6-8-30-20)25(26,27)28)12-18(14)19-10-15-13-32-24(29-2)34-21(15)35-9-3-7-31-22(19)35/h4-6,8,10-13,31H,3,7,9H2,1-2H3,(H,33,36). The molecular formula is C25H22F3N7O. The van der Waals surface area contributed by atoms with E-state index in [4.69, 9.17) is 0 Å². The van der Waals surface area contributed by atoms with E-state index < -0.39 is 17.6 Å². The molecule has 1 aromatic carbocycles. The van der Waals surface area contributed by atoms with Crippen LogP contribution in [-0.4, -0.2) is 39.0 Å². The second-order valence-electron chi connectivity index (χ2n) is 8.42. The molecule has 36 heavy (non-hydrogen) atoms. The van der Waals surface area contributed by atoms with E-state index in [0.29, 0.717) is 11.3 Å². The Balaban J connectivity index is 1.56. The van der Waals surface area contributed by atoms with Gasteiger partial charge in [0.25, 0.3) is 5.91 Å². The van der Waals surface area contributed by atoms with Crippen molar-refractivity contribution in [3.05, 3.63) is 71.2 Å². The zero-order valence-electron chi connectivity index (χ0n) is 19.5. The zero-order valence-corrected chi connectivity index (χ0v) is 19.5. The third-order valence-corrected chi connectivity index (χ3v) is 6.02. The van der Waals surface area contributed by atoms with E-state index >= 15 is 0 Å². The number of carbonyl (C=O) groups excluding carboxylic acids is 1. The highest BCUT2D eigenvalue weighted by Gasteiger charge is 2.31. The van der Waals surface area contributed by atoms with Gasteiger partial charge < -0.3 is 15.2 Å². The molecule has 0 bridgehead atoms. The van der Waals surface area contributed by atoms with Crippen LogP contribution in [0, 0.1) is 6.92 Å². The van der Waals surface area contributed by atoms with Crippen LogP contribution in [0.3, 0.4) is 0 Å². The first-order valence-electron chi connectivity index (χ1n) is 11.3. The van der Waals surface area contributed by atoms with E-state index in [1.54, 1.807) is 25.4 Å². The molecule has 0 aliphatic carbocycles. The molecule has 184 valence electrons. The van der Waals surface area contributed by atoms with Crippen LogP contribution < -0.4 is 16.3 Å². The van der Waals surface area contributed by atoms with Crippen molar-refractivity contribution in [3.63, 3.8) is 0 Å². The Bertz CT molecular complexity index is 1510. The molecule has 11 heteroatoms. The van der Waals surface area contributed by atoms with Gasteiger partial charge >= 0.3 is 6.18 Å². The first-order chi connectivity index (χ1) is 17.2. The van der Waals surface area contributed by atoms with Gasteiger partial charge in [0, 0.05) is 49.3 Å². The highest BCUT2D eigenvalue weighted by atomic mass is 19.4. The highest BCUT2D eigenvalue weighted by Crippen LogP contribution is 2.38. The molecule has 0 unspecified atom stereocenters. The quantitative estimate of drug-likeness (QED) is 0.442. The van der Waals surface area contributed by atoms with Crippen molar-refractivity contribution < 1.29 is 18.0 Å². The lowest BCUT2D eigenvalue weighted by atomic mass is 9.97. The maximum atomic E-state index is 13.1. The Labute approximate surface area is 204 Å². The minimum atomic E-state index is -4.56. The highest BCUT2D eigenvalue weighted by molar-refractivity contribution is 6.03. The van der Waals surface area contributed by atoms with Crippen LogP contribution in [-0.2, 0) is 12.7 Å². The number of aryl methyl sites for hydroxylation is 1. The Morgan fingerprint density at radius 3 is 2.75 bits per heavy atom. The maximum Gasteiger partial charge on any atom is 0.416 e. The fraction of sp³-hybridized carbons (Fsp3) is 0.240. The van der Waals surface area contributed by atoms with Crippen LogP contribution in [0.2, 0.25) is 0 Å². The van der Waals surface area contributed by atoms with Gasteiger partial charge in [-0.05, 0) is 54.8 Å². The smallest absolute Gasteiger partial charge is 0.371 e. The lowest BCUT2D eigenvalue weighted by Crippen LogP contribution is -2.25. The van der Waals surface area contributed by atoms with Crippen LogP contribution >= 0.6 is 0 Å². The maximum absolute atomic E-state index is 13.1. The SMILES string of the molecule is CN=c1ncc2cc(-c3cc(NC(=O)c4cc(C(F)(F)F)ccn4)ccc3C)c3n(c-2n1)CCCN3. The van der Waals surface area contributed by atoms with Gasteiger partial charge in [-0.15, -0.1) is 0 Å². The molecule has 0 radical (unpaired) electrons. The molecule has 8 nitrogen and oxygen atoms in total. The van der Waals surface area contributed by atoms with Crippen molar-refractivity contribution in [3.8, 4) is 22.5 Å². The molecule has 1 aromatic heterocycles. The second kappa shape index (κ2) is 9.06. The number of nitrogens with zero attached hydrogens (tertiary/aromatic N) is 5. The average molecular weight is 493 g/mol. The monoisotopic (exact) mass is 493 g/mol. The minimum Gasteiger partial charge on any atom is -0.371 e. The molecular weight excluding hydrogens is 471 g/mol. The van der Waals surface area contributed by atoms with Crippen molar-refractivity contribution in [2.45, 2.75) is 26.1 Å². The van der Waals surface area contributed by atoms with Gasteiger partial charge in [0.1, 0.15) is 17.3 Å². The number of carbonyl (C=O) groups is 1. The van der Waals surface area contributed by atoms with Crippen LogP contribution in [0.5, 0.6) is 0 Å². The number of hydrogen-bond acceptors (Lipinski definition) is 6. The molecule has 0 saturated carbocycles. The van der Waals surface area contributed by atoms with Gasteiger partial charge in [-0.1, -0.05) is 6.07 Å². The van der Waals surface area contributed by atoms with Gasteiger partial charge in [0.15, 0.2) is 0 Å². The Morgan fingerprint density at radius 2 is 1.97 bits per heavy atom. The van der Waals surface area contributed by atoms with E-state index in [0.717, 1.165) is 71.7 Å². The number of benzene rings is 1. The summed E-state index contributed by atoms with van der Waals surface area (Å²) < 4.78 is 41.3. The van der Waals surface area contributed by atoms with Crippen molar-refractivity contribution in [1.82, 2.24) is 19.5 Å². The van der Waals surface area contributed by atoms with Gasteiger partial charge in [-0.2, -0.15) is 18.2 Å². The first-order valence-corrected chi connectivity index (χ1v) is 11.3. The number of fused-ring (bicyclic) bond motifs is 3. The second-order valence-corrected chi connectivity index (χ2v) is 8.42. The normalized spacial score (nSPS) is 13.9. The third kappa shape index (κ3) is 4.39. The van der Waals surface area contributed by atoms with Gasteiger partial charge in [-0.25, -0.2) is 4.98 Å². The van der Waals surface area contributed by atoms with Crippen LogP contribution in [0.1, 0.15) is 28.0 Å². The number of halogens is 3. The first kappa shape index (κ1) is 23.5. The van der Waals surface area contributed by atoms with E-state index in [2.05, 4.69) is 35.1 Å². The van der Waals surface area contributed by atoms with E-state index in [9.17, 15) is 18.0 Å². The van der Waals surface area contributed by atoms with Crippen molar-refractivity contribution in [2.24, 2.45) is 4.99 Å². The Morgan fingerprint density at radius 1 is 1.14 bits per heavy atom. The fourth-order valence-electron chi connectivity index (χ4n) is 4.25. The van der Waals surface area contributed by atoms with Crippen molar-refractivity contribution >= 4 is 17.4 Å². The fourth-order valence-corrected chi connectivity index (χ4v) is 4.25. The van der Waals surface area contributed by atoms with E-state index in [1.807, 2.05) is 19.1 Å². The number of nitrogens with one attached hydrogen (secondary N) is 2. The number of rotatable bonds is 3. The summed E-state index contributed by atoms with van der Waals surface area (Å²) in [6, 6.07) is 8.91. The summed E-state index contributed by atoms with van der Waals surface area (Å²) in [6.45, 7) is 3.52. The summed E-state index contributed by atoms with van der Waals surface area (Å²) in [5.74, 6) is 0.933. The molecule has 0 spiro atoms. The molecule has 5 rings (SSSR count). The topological polar surface area (TPSA) is 97.1 Å². The van der Waals surface area contributed by atoms with Crippen molar-refractivity contribution in [2.75, 3.05) is 24.2 Å². The van der Waals surface area contributed by atoms with Crippen LogP contribution in [0.4, 0.5) is 24.7 Å². The Hall–Kier alpha value is -4.28. The predicted octanol–water partition coefficient (Wildman–Crippen LogP) is 4.37. The molecule has 4 heterocycles. The summed E-state index contributed by atoms with van der Waals surface area (Å²) >= 11 is 0. The molecule has 0 atom stereocenters. The molecule has 1 amide bonds. The number of anilines is 2. The number of aromatic nitrogens is 4. The molecule has 2 N–H and O–H groups in total. The van der Waals surface area contributed by atoms with E-state index in [1.165, 1.54) is 0 Å². The lowest BCUT2D eigenvalue weighted by molar-refractivity contribution is -0.137. The summed E-state index contributed by atoms with van der Waals surface area (Å²) in [4.78, 5) is 29.5. The summed E-state index contributed by atoms with van der Waals surface area (Å²) in [5, 5.41) is 6.13. The average Bonchev–Trinajstić information content (AvgIpc) is 2.88. The lowest BCUT2D eigenvalue weighted by Gasteiger charge is -2.28. The molecule has 3 aliphatic rings. The number of pyridine rings is 2. The Kier molecular flexibility index (Phi) is 5.91. The summed E-state index contributed by atoms with van der Waals surface area (Å²) in [6.07, 6.45) is -0.930. The third-order valence-electron chi connectivity index (χ3n) is 6.02. The minimum absolute atomic E-state index is 0.318. The number of amides is 1. The predicted molar refractivity (Wildman–Crippen MR) is 129 cm³/mol. The van der Waals surface area contributed by atoms with Gasteiger partial charge in [-0.3, -0.25) is 14.8 Å². The molecule has 3 aliphatic heterocycles. The molecule has 0 fully saturated rings. The van der Waals surface area contributed by atoms with Crippen LogP contribution in [0.25, 0.3) is 22.5 Å². The van der Waals surface area contributed by atoms with Gasteiger partial charge in [0.05, 0.1) is 5.56 Å². The van der Waals surface area contributed by atoms with Crippen molar-refractivity contribution in [1.29, 1.82) is 0 Å². The van der Waals surface area contributed by atoms with Gasteiger partial charge in [0.2, 0.25) is 5.62 Å². The van der Waals surface area contributed by atoms with E-state index in [-0.39, 0.29) is 5.69 Å². The summed E-state index contributed by atoms with van der Waals surface area (Å²) in [7, 11) is 1.64. The molecule has 0 saturated heterocycles. The number of alkyl halides is 3.